The van der Waals surface area contributed by atoms with Gasteiger partial charge < -0.3 is 14.3 Å². The average Bonchev–Trinajstić information content (AvgIpc) is 3.68. The first kappa shape index (κ1) is 26.9. The molecule has 2 amide bonds. The summed E-state index contributed by atoms with van der Waals surface area (Å²) in [6.07, 6.45) is 3.63. The fraction of sp³-hybridized carbons (Fsp3) is 0.312. The molecule has 0 bridgehead atoms. The third-order valence-electron chi connectivity index (χ3n) is 8.43. The number of ether oxygens (including phenoxy) is 1. The van der Waals surface area contributed by atoms with Gasteiger partial charge in [0.25, 0.3) is 5.69 Å². The summed E-state index contributed by atoms with van der Waals surface area (Å²) in [6, 6.07) is 19.3. The number of carbonyl (C=O) groups is 2. The Morgan fingerprint density at radius 2 is 1.88 bits per heavy atom. The van der Waals surface area contributed by atoms with Crippen LogP contribution in [0.3, 0.4) is 0 Å². The number of hydrogen-bond donors (Lipinski definition) is 1. The zero-order valence-electron chi connectivity index (χ0n) is 22.6. The van der Waals surface area contributed by atoms with Gasteiger partial charge in [-0.15, -0.1) is 0 Å². The number of hydrogen-bond acceptors (Lipinski definition) is 7. The van der Waals surface area contributed by atoms with Crippen LogP contribution in [0.15, 0.2) is 82.3 Å². The third kappa shape index (κ3) is 4.92. The topological polar surface area (TPSA) is 123 Å². The molecule has 9 heteroatoms. The monoisotopic (exact) mass is 554 g/mol. The third-order valence-corrected chi connectivity index (χ3v) is 8.43. The number of non-ortho nitro benzene ring substituents is 1. The van der Waals surface area contributed by atoms with Crippen LogP contribution in [0.1, 0.15) is 43.3 Å². The molecule has 0 saturated carbocycles. The predicted octanol–water partition coefficient (Wildman–Crippen LogP) is 5.54. The number of anilines is 1. The van der Waals surface area contributed by atoms with Gasteiger partial charge in [-0.25, -0.2) is 4.90 Å². The van der Waals surface area contributed by atoms with Crippen LogP contribution >= 0.6 is 0 Å². The van der Waals surface area contributed by atoms with Gasteiger partial charge >= 0.3 is 0 Å². The van der Waals surface area contributed by atoms with E-state index in [0.717, 1.165) is 27.2 Å². The van der Waals surface area contributed by atoms with Gasteiger partial charge in [0.2, 0.25) is 11.8 Å². The molecule has 2 aromatic carbocycles. The fourth-order valence-corrected chi connectivity index (χ4v) is 6.60. The molecule has 3 aromatic rings. The smallest absolute Gasteiger partial charge is 0.271 e. The van der Waals surface area contributed by atoms with Crippen LogP contribution < -0.4 is 4.90 Å². The standard InChI is InChI=1S/C32H30N2O7/c1-19-14-26-30(32(37)33(31(26)36)22-8-5-9-23(16-22)34(38)39)27-18-40-28(29(19)27)13-10-21(20-6-3-2-4-7-20)15-24-11-12-25(17-35)41-24/h2-9,11-12,15-16,26-28,30,35H,10,13-14,17-18H2,1H3/b21-15-/t26-,27+,28-,30-/m1/s1. The van der Waals surface area contributed by atoms with E-state index in [2.05, 4.69) is 0 Å². The predicted molar refractivity (Wildman–Crippen MR) is 151 cm³/mol. The van der Waals surface area contributed by atoms with E-state index < -0.39 is 16.8 Å². The van der Waals surface area contributed by atoms with Crippen molar-refractivity contribution in [1.29, 1.82) is 0 Å². The molecule has 3 aliphatic rings. The molecule has 0 radical (unpaired) electrons. The molecule has 210 valence electrons. The highest BCUT2D eigenvalue weighted by Crippen LogP contribution is 2.50. The van der Waals surface area contributed by atoms with Crippen molar-refractivity contribution in [3.05, 3.63) is 105 Å². The number of aliphatic hydroxyl groups excluding tert-OH is 1. The van der Waals surface area contributed by atoms with Crippen LogP contribution in [-0.4, -0.2) is 34.6 Å². The van der Waals surface area contributed by atoms with Gasteiger partial charge in [-0.05, 0) is 67.2 Å². The number of aliphatic hydroxyl groups is 1. The van der Waals surface area contributed by atoms with Gasteiger partial charge in [-0.2, -0.15) is 0 Å². The van der Waals surface area contributed by atoms with Crippen molar-refractivity contribution in [3.63, 3.8) is 0 Å². The number of imide groups is 1. The van der Waals surface area contributed by atoms with Crippen LogP contribution in [0, 0.1) is 27.9 Å². The van der Waals surface area contributed by atoms with Crippen molar-refractivity contribution in [2.75, 3.05) is 11.5 Å². The molecule has 1 N–H and O–H groups in total. The van der Waals surface area contributed by atoms with Crippen molar-refractivity contribution >= 4 is 34.8 Å². The van der Waals surface area contributed by atoms with Crippen LogP contribution in [-0.2, 0) is 20.9 Å². The van der Waals surface area contributed by atoms with E-state index in [1.165, 1.54) is 18.2 Å². The van der Waals surface area contributed by atoms with Crippen molar-refractivity contribution in [2.45, 2.75) is 38.9 Å². The van der Waals surface area contributed by atoms with Crippen LogP contribution in [0.5, 0.6) is 0 Å². The van der Waals surface area contributed by atoms with Gasteiger partial charge in [-0.1, -0.05) is 42.0 Å². The Balaban J connectivity index is 1.24. The first-order chi connectivity index (χ1) is 19.9. The second-order valence-corrected chi connectivity index (χ2v) is 10.8. The lowest BCUT2D eigenvalue weighted by Crippen LogP contribution is -2.34. The molecule has 2 fully saturated rings. The molecule has 4 atom stereocenters. The first-order valence-corrected chi connectivity index (χ1v) is 13.7. The lowest BCUT2D eigenvalue weighted by molar-refractivity contribution is -0.384. The average molecular weight is 555 g/mol. The highest BCUT2D eigenvalue weighted by Gasteiger charge is 2.57. The van der Waals surface area contributed by atoms with Crippen molar-refractivity contribution in [1.82, 2.24) is 0 Å². The maximum atomic E-state index is 13.7. The Labute approximate surface area is 236 Å². The molecular weight excluding hydrogens is 524 g/mol. The SMILES string of the molecule is CC1=C2[C@@H](CC/C(=C/c3ccc(CO)o3)c3ccccc3)OC[C@@H]2[C@@H]2C(=O)N(c3cccc([N+](=O)[O-])c3)C(=O)[C@@H]2C1. The largest absolute Gasteiger partial charge is 0.459 e. The van der Waals surface area contributed by atoms with E-state index >= 15 is 0 Å². The number of fused-ring (bicyclic) bond motifs is 3. The molecule has 0 spiro atoms. The van der Waals surface area contributed by atoms with E-state index in [4.69, 9.17) is 9.15 Å². The molecule has 1 aliphatic carbocycles. The van der Waals surface area contributed by atoms with Crippen molar-refractivity contribution in [2.24, 2.45) is 17.8 Å². The van der Waals surface area contributed by atoms with Crippen LogP contribution in [0.4, 0.5) is 11.4 Å². The maximum Gasteiger partial charge on any atom is 0.271 e. The van der Waals surface area contributed by atoms with Gasteiger partial charge in [0.15, 0.2) is 0 Å². The summed E-state index contributed by atoms with van der Waals surface area (Å²) in [5.74, 6) is -0.727. The number of benzene rings is 2. The van der Waals surface area contributed by atoms with Gasteiger partial charge in [0, 0.05) is 18.1 Å². The minimum atomic E-state index is -0.547. The second-order valence-electron chi connectivity index (χ2n) is 10.8. The lowest BCUT2D eigenvalue weighted by Gasteiger charge is -2.30. The lowest BCUT2D eigenvalue weighted by atomic mass is 9.70. The van der Waals surface area contributed by atoms with E-state index in [9.17, 15) is 24.8 Å². The summed E-state index contributed by atoms with van der Waals surface area (Å²) >= 11 is 0. The summed E-state index contributed by atoms with van der Waals surface area (Å²) in [7, 11) is 0. The number of allylic oxidation sites excluding steroid dienone is 2. The quantitative estimate of drug-likeness (QED) is 0.168. The van der Waals surface area contributed by atoms with Gasteiger partial charge in [-0.3, -0.25) is 19.7 Å². The summed E-state index contributed by atoms with van der Waals surface area (Å²) < 4.78 is 12.0. The van der Waals surface area contributed by atoms with Crippen LogP contribution in [0.2, 0.25) is 0 Å². The Morgan fingerprint density at radius 1 is 1.07 bits per heavy atom. The Bertz CT molecular complexity index is 1570. The molecule has 3 heterocycles. The molecule has 9 nitrogen and oxygen atoms in total. The fourth-order valence-electron chi connectivity index (χ4n) is 6.60. The number of carbonyl (C=O) groups excluding carboxylic acids is 2. The number of nitro groups is 1. The molecular formula is C32H30N2O7. The highest BCUT2D eigenvalue weighted by molar-refractivity contribution is 6.22. The minimum absolute atomic E-state index is 0.165. The first-order valence-electron chi connectivity index (χ1n) is 13.7. The Kier molecular flexibility index (Phi) is 7.15. The van der Waals surface area contributed by atoms with E-state index in [1.807, 2.05) is 49.4 Å². The minimum Gasteiger partial charge on any atom is -0.459 e. The number of nitrogens with zero attached hydrogens (tertiary/aromatic N) is 2. The maximum absolute atomic E-state index is 13.7. The van der Waals surface area contributed by atoms with E-state index in [-0.39, 0.29) is 41.8 Å². The molecule has 1 aromatic heterocycles. The van der Waals surface area contributed by atoms with E-state index in [1.54, 1.807) is 12.1 Å². The molecule has 2 saturated heterocycles. The van der Waals surface area contributed by atoms with Crippen LogP contribution in [0.25, 0.3) is 11.6 Å². The normalized spacial score (nSPS) is 24.1. The summed E-state index contributed by atoms with van der Waals surface area (Å²) in [6.45, 7) is 2.20. The highest BCUT2D eigenvalue weighted by atomic mass is 16.6. The zero-order chi connectivity index (χ0) is 28.7. The van der Waals surface area contributed by atoms with Gasteiger partial charge in [0.05, 0.1) is 35.2 Å². The number of furan rings is 1. The summed E-state index contributed by atoms with van der Waals surface area (Å²) in [4.78, 5) is 39.0. The Morgan fingerprint density at radius 3 is 2.61 bits per heavy atom. The number of nitro benzene ring substituents is 1. The molecule has 41 heavy (non-hydrogen) atoms. The summed E-state index contributed by atoms with van der Waals surface area (Å²) in [5, 5.41) is 20.7. The zero-order valence-corrected chi connectivity index (χ0v) is 22.6. The Hall–Kier alpha value is -4.34. The summed E-state index contributed by atoms with van der Waals surface area (Å²) in [5.41, 5.74) is 4.36. The van der Waals surface area contributed by atoms with E-state index in [0.29, 0.717) is 37.4 Å². The number of amides is 2. The van der Waals surface area contributed by atoms with Gasteiger partial charge in [0.1, 0.15) is 18.1 Å². The molecule has 0 unspecified atom stereocenters. The number of rotatable bonds is 8. The molecule has 2 aliphatic heterocycles. The van der Waals surface area contributed by atoms with Crippen molar-refractivity contribution in [3.8, 4) is 0 Å². The molecule has 6 rings (SSSR count). The van der Waals surface area contributed by atoms with Crippen molar-refractivity contribution < 1.29 is 28.8 Å². The second kappa shape index (κ2) is 10.9.